The van der Waals surface area contributed by atoms with Crippen LogP contribution in [0.2, 0.25) is 0 Å². The number of thiazole rings is 1. The van der Waals surface area contributed by atoms with Gasteiger partial charge < -0.3 is 35.5 Å². The summed E-state index contributed by atoms with van der Waals surface area (Å²) in [5, 5.41) is 15.1. The zero-order valence-electron chi connectivity index (χ0n) is 28.6. The number of oxime groups is 1. The van der Waals surface area contributed by atoms with Crippen molar-refractivity contribution in [1.82, 2.24) is 10.0 Å². The fourth-order valence-corrected chi connectivity index (χ4v) is 6.56. The maximum absolute atomic E-state index is 13.4. The normalized spacial score (nSPS) is 18.2. The molecule has 2 aliphatic heterocycles. The standard InChI is InChI=1S/C30H36N6O8S2.C2HF3O2/c1-30(2)23(28(38)36(30)44-46(39,40)41)13-25(37)27(24-17-45-29(32)33-24)34-43-16-18-11-20-7-6-19(12-26(20)42-15-18)21-8-9-22(5-4-10-31)35(3)14-21;3-2(4,5)1(6)7/h6-9,12,14,17-18,23H,4-5,10-11,13,15-16,31H2,1-3H3,(H2-,32,33,39,40,41);(H,6,7)/p-1/b34-27-;/t18?,23-;/m1./s1. The molecule has 0 saturated carbocycles. The van der Waals surface area contributed by atoms with E-state index in [0.29, 0.717) is 24.6 Å². The quantitative estimate of drug-likeness (QED) is 0.0614. The van der Waals surface area contributed by atoms with E-state index in [9.17, 15) is 35.7 Å². The van der Waals surface area contributed by atoms with Gasteiger partial charge in [0.25, 0.3) is 5.91 Å². The lowest BCUT2D eigenvalue weighted by Crippen LogP contribution is -2.68. The summed E-state index contributed by atoms with van der Waals surface area (Å²) in [5.41, 5.74) is 14.6. The van der Waals surface area contributed by atoms with E-state index in [1.807, 2.05) is 19.2 Å². The molecule has 0 aliphatic carbocycles. The van der Waals surface area contributed by atoms with Crippen molar-refractivity contribution in [3.05, 3.63) is 58.9 Å². The molecule has 3 aromatic rings. The molecule has 53 heavy (non-hydrogen) atoms. The second-order valence-corrected chi connectivity index (χ2v) is 14.5. The Balaban J connectivity index is 0.000000815. The van der Waals surface area contributed by atoms with Crippen LogP contribution in [0.3, 0.4) is 0 Å². The average Bonchev–Trinajstić information content (AvgIpc) is 3.51. The van der Waals surface area contributed by atoms with E-state index >= 15 is 0 Å². The van der Waals surface area contributed by atoms with Crippen molar-refractivity contribution in [2.75, 3.05) is 25.5 Å². The summed E-state index contributed by atoms with van der Waals surface area (Å²) in [6, 6.07) is 10.3. The number of hydrogen-bond acceptors (Lipinski definition) is 15. The average molecular weight is 786 g/mol. The molecule has 1 unspecified atom stereocenters. The first-order chi connectivity index (χ1) is 24.7. The molecule has 1 saturated heterocycles. The molecule has 5 rings (SSSR count). The van der Waals surface area contributed by atoms with Gasteiger partial charge in [-0.15, -0.1) is 11.3 Å². The predicted octanol–water partition coefficient (Wildman–Crippen LogP) is 0.967. The van der Waals surface area contributed by atoms with Crippen molar-refractivity contribution in [1.29, 1.82) is 0 Å². The molecule has 1 aromatic carbocycles. The van der Waals surface area contributed by atoms with Crippen LogP contribution in [0, 0.1) is 11.8 Å². The summed E-state index contributed by atoms with van der Waals surface area (Å²) in [6.07, 6.45) is -0.912. The van der Waals surface area contributed by atoms with Crippen LogP contribution in [-0.2, 0) is 53.8 Å². The number of aryl methyl sites for hydroxylation is 2. The number of hydrogen-bond donors (Lipinski definition) is 2. The summed E-state index contributed by atoms with van der Waals surface area (Å²) < 4.78 is 77.1. The third-order valence-electron chi connectivity index (χ3n) is 8.42. The number of β-lactam (4-membered cyclic amide) rings is 1. The molecule has 4 heterocycles. The van der Waals surface area contributed by atoms with Crippen molar-refractivity contribution >= 4 is 50.2 Å². The van der Waals surface area contributed by atoms with Crippen molar-refractivity contribution in [3.8, 4) is 16.9 Å². The van der Waals surface area contributed by atoms with Gasteiger partial charge in [0.1, 0.15) is 31.1 Å². The molecule has 4 N–H and O–H groups in total. The number of carbonyl (C=O) groups excluding carboxylic acids is 3. The number of ether oxygens (including phenoxy) is 1. The Kier molecular flexibility index (Phi) is 12.8. The van der Waals surface area contributed by atoms with E-state index in [-0.39, 0.29) is 35.5 Å². The first kappa shape index (κ1) is 41.1. The SMILES string of the molecule is C[n+]1cc(-c2ccc3c(c2)OCC(CO/N=C(\C(=O)C[C@@H]2C(=O)N(OS(=O)(=O)[O-])C2(C)C)c2csc(N)n2)C3)ccc1CCCN.O=C([O-])C(F)(F)F. The molecule has 0 spiro atoms. The van der Waals surface area contributed by atoms with Gasteiger partial charge in [-0.25, -0.2) is 18.0 Å². The highest BCUT2D eigenvalue weighted by molar-refractivity contribution is 7.80. The molecule has 2 aliphatic rings. The number of anilines is 1. The smallest absolute Gasteiger partial charge is 0.430 e. The number of nitrogens with two attached hydrogens (primary N) is 2. The number of fused-ring (bicyclic) bond motifs is 1. The molecule has 21 heteroatoms. The number of halogens is 3. The van der Waals surface area contributed by atoms with Crippen LogP contribution in [0.15, 0.2) is 47.1 Å². The number of carboxylic acids is 1. The Morgan fingerprint density at radius 1 is 1.23 bits per heavy atom. The van der Waals surface area contributed by atoms with E-state index in [0.717, 1.165) is 46.6 Å². The fourth-order valence-electron chi connectivity index (χ4n) is 5.56. The number of rotatable bonds is 13. The number of benzene rings is 1. The highest BCUT2D eigenvalue weighted by Crippen LogP contribution is 2.41. The van der Waals surface area contributed by atoms with Crippen molar-refractivity contribution < 1.29 is 64.1 Å². The van der Waals surface area contributed by atoms with Gasteiger partial charge in [-0.1, -0.05) is 17.3 Å². The van der Waals surface area contributed by atoms with Gasteiger partial charge in [0.2, 0.25) is 10.4 Å². The minimum Gasteiger partial charge on any atom is -0.724 e. The van der Waals surface area contributed by atoms with Crippen LogP contribution < -0.4 is 25.9 Å². The number of amides is 1. The summed E-state index contributed by atoms with van der Waals surface area (Å²) in [4.78, 5) is 44.5. The Morgan fingerprint density at radius 3 is 2.47 bits per heavy atom. The fraction of sp³-hybridized carbons (Fsp3) is 0.438. The first-order valence-corrected chi connectivity index (χ1v) is 18.1. The highest BCUT2D eigenvalue weighted by Gasteiger charge is 2.57. The van der Waals surface area contributed by atoms with Gasteiger partial charge in [-0.3, -0.25) is 9.59 Å². The number of alkyl halides is 3. The summed E-state index contributed by atoms with van der Waals surface area (Å²) >= 11 is 1.11. The monoisotopic (exact) mass is 785 g/mol. The molecule has 0 radical (unpaired) electrons. The number of hydroxylamine groups is 2. The van der Waals surface area contributed by atoms with Crippen molar-refractivity contribution in [2.45, 2.75) is 51.2 Å². The van der Waals surface area contributed by atoms with Gasteiger partial charge >= 0.3 is 6.18 Å². The lowest BCUT2D eigenvalue weighted by Gasteiger charge is -2.51. The molecule has 288 valence electrons. The van der Waals surface area contributed by atoms with Crippen LogP contribution in [0.25, 0.3) is 11.1 Å². The Labute approximate surface area is 306 Å². The Bertz CT molecular complexity index is 1990. The van der Waals surface area contributed by atoms with Crippen molar-refractivity contribution in [3.63, 3.8) is 0 Å². The Hall–Kier alpha value is -4.70. The van der Waals surface area contributed by atoms with Gasteiger partial charge in [-0.2, -0.15) is 22.5 Å². The van der Waals surface area contributed by atoms with E-state index < -0.39 is 45.7 Å². The topological polar surface area (TPSA) is 244 Å². The zero-order valence-corrected chi connectivity index (χ0v) is 30.3. The number of Topliss-reactive ketones (excluding diaryl/α,β-unsaturated/α-hetero) is 1. The first-order valence-electron chi connectivity index (χ1n) is 15.9. The summed E-state index contributed by atoms with van der Waals surface area (Å²) in [6.45, 7) is 4.15. The molecule has 16 nitrogen and oxygen atoms in total. The minimum absolute atomic E-state index is 0.0505. The Morgan fingerprint density at radius 2 is 1.91 bits per heavy atom. The maximum atomic E-state index is 13.4. The lowest BCUT2D eigenvalue weighted by molar-refractivity contribution is -0.678. The number of ketones is 1. The number of aromatic nitrogens is 2. The van der Waals surface area contributed by atoms with Crippen LogP contribution in [0.4, 0.5) is 18.3 Å². The molecule has 1 fully saturated rings. The van der Waals surface area contributed by atoms with E-state index in [2.05, 4.69) is 43.4 Å². The number of nitrogen functional groups attached to an aromatic ring is 1. The van der Waals surface area contributed by atoms with Gasteiger partial charge in [-0.05, 0) is 56.5 Å². The van der Waals surface area contributed by atoms with E-state index in [4.69, 9.17) is 30.9 Å². The van der Waals surface area contributed by atoms with Gasteiger partial charge in [0.05, 0.1) is 18.1 Å². The van der Waals surface area contributed by atoms with Crippen LogP contribution >= 0.6 is 11.3 Å². The van der Waals surface area contributed by atoms with E-state index in [1.54, 1.807) is 5.38 Å². The van der Waals surface area contributed by atoms with Gasteiger partial charge in [0, 0.05) is 35.8 Å². The number of aliphatic carboxylic acids is 1. The van der Waals surface area contributed by atoms with Crippen LogP contribution in [0.1, 0.15) is 43.6 Å². The second kappa shape index (κ2) is 16.5. The summed E-state index contributed by atoms with van der Waals surface area (Å²) in [5.74, 6) is -4.60. The molecule has 1 amide bonds. The summed E-state index contributed by atoms with van der Waals surface area (Å²) in [7, 11) is -3.14. The number of carboxylic acid groups (broad SMARTS) is 1. The molecule has 0 bridgehead atoms. The minimum atomic E-state index is -5.19. The number of carbonyl (C=O) groups is 3. The van der Waals surface area contributed by atoms with Crippen LogP contribution in [0.5, 0.6) is 5.75 Å². The highest BCUT2D eigenvalue weighted by atomic mass is 32.3. The van der Waals surface area contributed by atoms with Crippen molar-refractivity contribution in [2.24, 2.45) is 29.8 Å². The predicted molar refractivity (Wildman–Crippen MR) is 178 cm³/mol. The molecular weight excluding hydrogens is 750 g/mol. The lowest BCUT2D eigenvalue weighted by atomic mass is 9.74. The van der Waals surface area contributed by atoms with Crippen LogP contribution in [-0.4, -0.2) is 77.9 Å². The number of pyridine rings is 1. The third kappa shape index (κ3) is 10.5. The third-order valence-corrected chi connectivity index (χ3v) is 9.42. The second-order valence-electron chi connectivity index (χ2n) is 12.7. The number of nitrogens with zero attached hydrogens (tertiary/aromatic N) is 4. The largest absolute Gasteiger partial charge is 0.724 e. The molecule has 2 atom stereocenters. The molecular formula is C32H36F3N6O10S2-. The maximum Gasteiger partial charge on any atom is 0.430 e. The molecule has 2 aromatic heterocycles. The van der Waals surface area contributed by atoms with E-state index in [1.165, 1.54) is 19.5 Å². The van der Waals surface area contributed by atoms with Gasteiger partial charge in [0.15, 0.2) is 28.5 Å². The zero-order chi connectivity index (χ0) is 39.3.